The van der Waals surface area contributed by atoms with Crippen LogP contribution in [0, 0.1) is 19.3 Å². The van der Waals surface area contributed by atoms with Gasteiger partial charge in [0.25, 0.3) is 10.0 Å². The van der Waals surface area contributed by atoms with Crippen LogP contribution in [0.1, 0.15) is 16.7 Å². The molecular formula is C18H17NO2S. The minimum absolute atomic E-state index is 0.153. The normalized spacial score (nSPS) is 10.7. The molecule has 4 heteroatoms. The number of hydrogen-bond donors (Lipinski definition) is 0. The van der Waals surface area contributed by atoms with Crippen molar-refractivity contribution in [1.82, 2.24) is 4.31 Å². The molecule has 0 saturated heterocycles. The zero-order valence-corrected chi connectivity index (χ0v) is 13.2. The standard InChI is InChI=1S/C18H17NO2S/c1-4-16-8-6-7-9-17(16)14-19(5-2)22(20,21)18-12-10-15(3)11-13-18/h1,5-13H,2,14H2,3H3. The van der Waals surface area contributed by atoms with Crippen molar-refractivity contribution < 1.29 is 8.42 Å². The number of rotatable bonds is 5. The van der Waals surface area contributed by atoms with Crippen molar-refractivity contribution in [3.63, 3.8) is 0 Å². The van der Waals surface area contributed by atoms with Crippen LogP contribution in [-0.2, 0) is 16.6 Å². The largest absolute Gasteiger partial charge is 0.269 e. The maximum Gasteiger partial charge on any atom is 0.264 e. The number of hydrogen-bond acceptors (Lipinski definition) is 2. The second kappa shape index (κ2) is 6.50. The smallest absolute Gasteiger partial charge is 0.264 e. The van der Waals surface area contributed by atoms with Gasteiger partial charge < -0.3 is 0 Å². The highest BCUT2D eigenvalue weighted by Gasteiger charge is 2.21. The van der Waals surface area contributed by atoms with Gasteiger partial charge in [0.05, 0.1) is 11.4 Å². The Hall–Kier alpha value is -2.51. The van der Waals surface area contributed by atoms with Crippen LogP contribution in [0.5, 0.6) is 0 Å². The Morgan fingerprint density at radius 2 is 1.82 bits per heavy atom. The van der Waals surface area contributed by atoms with Crippen LogP contribution < -0.4 is 0 Å². The molecule has 112 valence electrons. The average Bonchev–Trinajstić information content (AvgIpc) is 2.53. The van der Waals surface area contributed by atoms with Crippen LogP contribution >= 0.6 is 0 Å². The van der Waals surface area contributed by atoms with E-state index in [9.17, 15) is 8.42 Å². The van der Waals surface area contributed by atoms with Crippen molar-refractivity contribution in [1.29, 1.82) is 0 Å². The van der Waals surface area contributed by atoms with E-state index in [1.165, 1.54) is 10.5 Å². The van der Waals surface area contributed by atoms with Gasteiger partial charge >= 0.3 is 0 Å². The highest BCUT2D eigenvalue weighted by atomic mass is 32.2. The lowest BCUT2D eigenvalue weighted by Gasteiger charge is -2.21. The number of terminal acetylenes is 1. The maximum atomic E-state index is 12.7. The molecule has 2 aromatic carbocycles. The van der Waals surface area contributed by atoms with E-state index in [1.54, 1.807) is 30.3 Å². The van der Waals surface area contributed by atoms with E-state index in [0.29, 0.717) is 5.56 Å². The Bertz CT molecular complexity index is 815. The molecule has 0 bridgehead atoms. The van der Waals surface area contributed by atoms with Crippen LogP contribution in [0.4, 0.5) is 0 Å². The van der Waals surface area contributed by atoms with E-state index in [2.05, 4.69) is 12.5 Å². The molecule has 0 aliphatic heterocycles. The first kappa shape index (κ1) is 15.9. The van der Waals surface area contributed by atoms with Gasteiger partial charge in [-0.3, -0.25) is 4.31 Å². The molecule has 0 saturated carbocycles. The zero-order chi connectivity index (χ0) is 16.2. The van der Waals surface area contributed by atoms with Crippen molar-refractivity contribution in [2.24, 2.45) is 0 Å². The fraction of sp³-hybridized carbons (Fsp3) is 0.111. The summed E-state index contributed by atoms with van der Waals surface area (Å²) in [5, 5.41) is 0. The first-order valence-corrected chi connectivity index (χ1v) is 8.18. The Morgan fingerprint density at radius 1 is 1.18 bits per heavy atom. The molecule has 0 spiro atoms. The van der Waals surface area contributed by atoms with Gasteiger partial charge in [-0.25, -0.2) is 8.42 Å². The second-order valence-corrected chi connectivity index (χ2v) is 6.74. The third-order valence-electron chi connectivity index (χ3n) is 3.33. The van der Waals surface area contributed by atoms with Crippen molar-refractivity contribution in [3.8, 4) is 12.3 Å². The minimum atomic E-state index is -3.64. The molecule has 0 aliphatic carbocycles. The molecule has 0 amide bonds. The molecule has 0 aromatic heterocycles. The molecule has 0 atom stereocenters. The van der Waals surface area contributed by atoms with Gasteiger partial charge in [0, 0.05) is 11.8 Å². The number of sulfonamides is 1. The summed E-state index contributed by atoms with van der Waals surface area (Å²) >= 11 is 0. The highest BCUT2D eigenvalue weighted by Crippen LogP contribution is 2.20. The summed E-state index contributed by atoms with van der Waals surface area (Å²) < 4.78 is 26.6. The molecular weight excluding hydrogens is 294 g/mol. The van der Waals surface area contributed by atoms with E-state index < -0.39 is 10.0 Å². The van der Waals surface area contributed by atoms with Gasteiger partial charge in [-0.2, -0.15) is 0 Å². The summed E-state index contributed by atoms with van der Waals surface area (Å²) in [5.41, 5.74) is 2.44. The van der Waals surface area contributed by atoms with E-state index in [4.69, 9.17) is 6.42 Å². The molecule has 3 nitrogen and oxygen atoms in total. The molecule has 22 heavy (non-hydrogen) atoms. The molecule has 0 aliphatic rings. The Kier molecular flexibility index (Phi) is 4.69. The van der Waals surface area contributed by atoms with Crippen LogP contribution in [0.2, 0.25) is 0 Å². The first-order valence-electron chi connectivity index (χ1n) is 6.74. The van der Waals surface area contributed by atoms with Gasteiger partial charge in [0.15, 0.2) is 0 Å². The summed E-state index contributed by atoms with van der Waals surface area (Å²) in [7, 11) is -3.64. The van der Waals surface area contributed by atoms with Gasteiger partial charge in [0.1, 0.15) is 0 Å². The number of aryl methyl sites for hydroxylation is 1. The van der Waals surface area contributed by atoms with Crippen molar-refractivity contribution in [2.45, 2.75) is 18.4 Å². The van der Waals surface area contributed by atoms with E-state index in [0.717, 1.165) is 11.1 Å². The van der Waals surface area contributed by atoms with Gasteiger partial charge in [-0.15, -0.1) is 6.42 Å². The molecule has 0 heterocycles. The predicted molar refractivity (Wildman–Crippen MR) is 88.5 cm³/mol. The summed E-state index contributed by atoms with van der Waals surface area (Å²) in [5.74, 6) is 2.57. The monoisotopic (exact) mass is 311 g/mol. The summed E-state index contributed by atoms with van der Waals surface area (Å²) in [6.07, 6.45) is 6.77. The van der Waals surface area contributed by atoms with E-state index in [1.807, 2.05) is 25.1 Å². The van der Waals surface area contributed by atoms with Crippen molar-refractivity contribution in [2.75, 3.05) is 0 Å². The Balaban J connectivity index is 2.37. The van der Waals surface area contributed by atoms with Crippen molar-refractivity contribution >= 4 is 10.0 Å². The molecule has 0 radical (unpaired) electrons. The topological polar surface area (TPSA) is 37.4 Å². The summed E-state index contributed by atoms with van der Waals surface area (Å²) in [6, 6.07) is 14.0. The van der Waals surface area contributed by atoms with Crippen LogP contribution in [0.3, 0.4) is 0 Å². The van der Waals surface area contributed by atoms with E-state index in [-0.39, 0.29) is 11.4 Å². The Morgan fingerprint density at radius 3 is 2.41 bits per heavy atom. The van der Waals surface area contributed by atoms with Crippen molar-refractivity contribution in [3.05, 3.63) is 78.0 Å². The Labute approximate surface area is 132 Å². The lowest BCUT2D eigenvalue weighted by Crippen LogP contribution is -2.25. The van der Waals surface area contributed by atoms with Gasteiger partial charge in [0.2, 0.25) is 0 Å². The van der Waals surface area contributed by atoms with Crippen LogP contribution in [-0.4, -0.2) is 12.7 Å². The molecule has 2 rings (SSSR count). The zero-order valence-electron chi connectivity index (χ0n) is 12.4. The predicted octanol–water partition coefficient (Wildman–Crippen LogP) is 3.31. The highest BCUT2D eigenvalue weighted by molar-refractivity contribution is 7.89. The third-order valence-corrected chi connectivity index (χ3v) is 5.09. The molecule has 0 unspecified atom stereocenters. The fourth-order valence-electron chi connectivity index (χ4n) is 2.06. The first-order chi connectivity index (χ1) is 10.5. The molecule has 0 N–H and O–H groups in total. The van der Waals surface area contributed by atoms with E-state index >= 15 is 0 Å². The number of benzene rings is 2. The summed E-state index contributed by atoms with van der Waals surface area (Å²) in [4.78, 5) is 0.233. The number of nitrogens with zero attached hydrogens (tertiary/aromatic N) is 1. The van der Waals surface area contributed by atoms with Gasteiger partial charge in [-0.05, 0) is 30.7 Å². The third kappa shape index (κ3) is 3.21. The van der Waals surface area contributed by atoms with Gasteiger partial charge in [-0.1, -0.05) is 48.4 Å². The molecule has 0 fully saturated rings. The van der Waals surface area contributed by atoms with Crippen LogP contribution in [0.15, 0.2) is 66.2 Å². The quantitative estimate of drug-likeness (QED) is 0.795. The van der Waals surface area contributed by atoms with Crippen LogP contribution in [0.25, 0.3) is 0 Å². The second-order valence-electron chi connectivity index (χ2n) is 4.85. The SMILES string of the molecule is C#Cc1ccccc1CN(C=C)S(=O)(=O)c1ccc(C)cc1. The fourth-order valence-corrected chi connectivity index (χ4v) is 3.32. The maximum absolute atomic E-state index is 12.7. The summed E-state index contributed by atoms with van der Waals surface area (Å²) in [6.45, 7) is 5.68. The average molecular weight is 311 g/mol. The lowest BCUT2D eigenvalue weighted by atomic mass is 10.1. The minimum Gasteiger partial charge on any atom is -0.269 e. The molecule has 2 aromatic rings. The lowest BCUT2D eigenvalue weighted by molar-refractivity contribution is 0.496.